The van der Waals surface area contributed by atoms with Crippen molar-refractivity contribution in [1.82, 2.24) is 24.9 Å². The molecule has 1 aromatic carbocycles. The molecule has 0 bridgehead atoms. The zero-order valence-electron chi connectivity index (χ0n) is 16.4. The van der Waals surface area contributed by atoms with Crippen molar-refractivity contribution >= 4 is 23.1 Å². The second-order valence-electron chi connectivity index (χ2n) is 6.80. The molecule has 148 valence electrons. The van der Waals surface area contributed by atoms with Crippen LogP contribution < -0.4 is 10.6 Å². The van der Waals surface area contributed by atoms with E-state index in [4.69, 9.17) is 12.2 Å². The van der Waals surface area contributed by atoms with Crippen molar-refractivity contribution in [2.24, 2.45) is 0 Å². The van der Waals surface area contributed by atoms with E-state index in [9.17, 15) is 4.39 Å². The van der Waals surface area contributed by atoms with Gasteiger partial charge in [-0.2, -0.15) is 10.2 Å². The van der Waals surface area contributed by atoms with Crippen LogP contribution in [0.1, 0.15) is 29.1 Å². The molecule has 0 spiro atoms. The lowest BCUT2D eigenvalue weighted by molar-refractivity contribution is 0.558. The summed E-state index contributed by atoms with van der Waals surface area (Å²) in [7, 11) is 0. The van der Waals surface area contributed by atoms with Gasteiger partial charge in [0.15, 0.2) is 10.9 Å². The minimum atomic E-state index is -0.230. The van der Waals surface area contributed by atoms with Crippen LogP contribution in [0.4, 0.5) is 10.2 Å². The molecule has 0 aliphatic carbocycles. The van der Waals surface area contributed by atoms with E-state index in [0.717, 1.165) is 36.6 Å². The summed E-state index contributed by atoms with van der Waals surface area (Å²) in [6.45, 7) is 7.94. The molecule has 3 rings (SSSR count). The first-order valence-corrected chi connectivity index (χ1v) is 9.67. The topological polar surface area (TPSA) is 59.7 Å². The van der Waals surface area contributed by atoms with Gasteiger partial charge in [0.25, 0.3) is 0 Å². The average molecular weight is 401 g/mol. The highest BCUT2D eigenvalue weighted by Gasteiger charge is 2.09. The third-order valence-corrected chi connectivity index (χ3v) is 4.68. The molecule has 0 fully saturated rings. The number of hydrogen-bond donors (Lipinski definition) is 2. The minimum Gasteiger partial charge on any atom is -0.362 e. The van der Waals surface area contributed by atoms with Crippen LogP contribution >= 0.6 is 12.2 Å². The van der Waals surface area contributed by atoms with E-state index in [1.807, 2.05) is 30.7 Å². The molecule has 2 N–H and O–H groups in total. The number of aryl methyl sites for hydroxylation is 4. The molecule has 2 aromatic heterocycles. The van der Waals surface area contributed by atoms with E-state index >= 15 is 0 Å². The van der Waals surface area contributed by atoms with E-state index in [0.29, 0.717) is 23.0 Å². The molecular formula is C20H25FN6S. The fourth-order valence-corrected chi connectivity index (χ4v) is 3.22. The third-order valence-electron chi connectivity index (χ3n) is 4.44. The lowest BCUT2D eigenvalue weighted by Crippen LogP contribution is -2.30. The first kappa shape index (κ1) is 20.0. The van der Waals surface area contributed by atoms with Gasteiger partial charge >= 0.3 is 0 Å². The maximum Gasteiger partial charge on any atom is 0.171 e. The van der Waals surface area contributed by atoms with Crippen LogP contribution in [-0.4, -0.2) is 31.2 Å². The summed E-state index contributed by atoms with van der Waals surface area (Å²) in [4.78, 5) is 0. The predicted octanol–water partition coefficient (Wildman–Crippen LogP) is 3.57. The Labute approximate surface area is 169 Å². The molecule has 0 unspecified atom stereocenters. The monoisotopic (exact) mass is 400 g/mol. The van der Waals surface area contributed by atoms with Crippen molar-refractivity contribution in [1.29, 1.82) is 0 Å². The van der Waals surface area contributed by atoms with Gasteiger partial charge in [-0.15, -0.1) is 0 Å². The van der Waals surface area contributed by atoms with Gasteiger partial charge in [-0.1, -0.05) is 18.2 Å². The summed E-state index contributed by atoms with van der Waals surface area (Å²) in [6, 6.07) is 10.7. The van der Waals surface area contributed by atoms with Gasteiger partial charge in [0.1, 0.15) is 5.82 Å². The Morgan fingerprint density at radius 3 is 2.54 bits per heavy atom. The SMILES string of the molecule is Cc1cc(C)n(CCCNC(=S)Nc2cc(C)n(Cc3ccccc3F)n2)n1. The lowest BCUT2D eigenvalue weighted by atomic mass is 10.2. The van der Waals surface area contributed by atoms with E-state index in [2.05, 4.69) is 33.8 Å². The maximum atomic E-state index is 13.9. The van der Waals surface area contributed by atoms with Crippen LogP contribution in [0.25, 0.3) is 0 Å². The second kappa shape index (κ2) is 8.97. The highest BCUT2D eigenvalue weighted by molar-refractivity contribution is 7.80. The van der Waals surface area contributed by atoms with Crippen LogP contribution in [0.2, 0.25) is 0 Å². The number of thiocarbonyl (C=S) groups is 1. The van der Waals surface area contributed by atoms with Crippen LogP contribution in [-0.2, 0) is 13.1 Å². The Bertz CT molecular complexity index is 962. The Morgan fingerprint density at radius 1 is 1.07 bits per heavy atom. The number of nitrogens with zero attached hydrogens (tertiary/aromatic N) is 4. The largest absolute Gasteiger partial charge is 0.362 e. The third kappa shape index (κ3) is 5.16. The summed E-state index contributed by atoms with van der Waals surface area (Å²) >= 11 is 5.35. The van der Waals surface area contributed by atoms with Crippen molar-refractivity contribution in [2.75, 3.05) is 11.9 Å². The molecule has 0 saturated heterocycles. The quantitative estimate of drug-likeness (QED) is 0.469. The fraction of sp³-hybridized carbons (Fsp3) is 0.350. The number of anilines is 1. The highest BCUT2D eigenvalue weighted by atomic mass is 32.1. The normalized spacial score (nSPS) is 10.9. The molecular weight excluding hydrogens is 375 g/mol. The molecule has 0 amide bonds. The van der Waals surface area contributed by atoms with Crippen molar-refractivity contribution < 1.29 is 4.39 Å². The Balaban J connectivity index is 1.48. The van der Waals surface area contributed by atoms with Gasteiger partial charge in [0.2, 0.25) is 0 Å². The Hall–Kier alpha value is -2.74. The number of halogens is 1. The smallest absolute Gasteiger partial charge is 0.171 e. The molecule has 8 heteroatoms. The molecule has 0 atom stereocenters. The van der Waals surface area contributed by atoms with Crippen molar-refractivity contribution in [2.45, 2.75) is 40.3 Å². The van der Waals surface area contributed by atoms with Gasteiger partial charge in [-0.3, -0.25) is 9.36 Å². The zero-order chi connectivity index (χ0) is 20.1. The lowest BCUT2D eigenvalue weighted by Gasteiger charge is -2.09. The number of hydrogen-bond acceptors (Lipinski definition) is 3. The minimum absolute atomic E-state index is 0.230. The van der Waals surface area contributed by atoms with Gasteiger partial charge in [0, 0.05) is 36.1 Å². The van der Waals surface area contributed by atoms with E-state index in [1.54, 1.807) is 16.8 Å². The van der Waals surface area contributed by atoms with Gasteiger partial charge in [0.05, 0.1) is 12.2 Å². The number of nitrogens with one attached hydrogen (secondary N) is 2. The van der Waals surface area contributed by atoms with Crippen LogP contribution in [0.5, 0.6) is 0 Å². The van der Waals surface area contributed by atoms with Gasteiger partial charge in [-0.25, -0.2) is 4.39 Å². The second-order valence-corrected chi connectivity index (χ2v) is 7.21. The number of rotatable bonds is 7. The van der Waals surface area contributed by atoms with Gasteiger partial charge < -0.3 is 10.6 Å². The standard InChI is InChI=1S/C20H25FN6S/c1-14-11-15(2)26(24-14)10-6-9-22-20(28)23-19-12-16(3)27(25-19)13-17-7-4-5-8-18(17)21/h4-5,7-8,11-12H,6,9-10,13H2,1-3H3,(H2,22,23,25,28). The van der Waals surface area contributed by atoms with Crippen LogP contribution in [0.3, 0.4) is 0 Å². The summed E-state index contributed by atoms with van der Waals surface area (Å²) in [6.07, 6.45) is 0.907. The first-order valence-electron chi connectivity index (χ1n) is 9.26. The summed E-state index contributed by atoms with van der Waals surface area (Å²) in [5, 5.41) is 15.7. The Morgan fingerprint density at radius 2 is 1.82 bits per heavy atom. The zero-order valence-corrected chi connectivity index (χ0v) is 17.2. The molecule has 6 nitrogen and oxygen atoms in total. The summed E-state index contributed by atoms with van der Waals surface area (Å²) in [5.74, 6) is 0.414. The van der Waals surface area contributed by atoms with Crippen LogP contribution in [0, 0.1) is 26.6 Å². The van der Waals surface area contributed by atoms with E-state index < -0.39 is 0 Å². The predicted molar refractivity (Wildman–Crippen MR) is 113 cm³/mol. The van der Waals surface area contributed by atoms with Crippen molar-refractivity contribution in [3.05, 3.63) is 64.9 Å². The van der Waals surface area contributed by atoms with Crippen LogP contribution in [0.15, 0.2) is 36.4 Å². The van der Waals surface area contributed by atoms with Crippen molar-refractivity contribution in [3.8, 4) is 0 Å². The molecule has 2 heterocycles. The highest BCUT2D eigenvalue weighted by Crippen LogP contribution is 2.13. The molecule has 0 saturated carbocycles. The van der Waals surface area contributed by atoms with E-state index in [-0.39, 0.29) is 5.82 Å². The fourth-order valence-electron chi connectivity index (χ4n) is 3.01. The first-order chi connectivity index (χ1) is 13.4. The molecule has 0 aliphatic heterocycles. The Kier molecular flexibility index (Phi) is 6.41. The number of aromatic nitrogens is 4. The molecule has 0 radical (unpaired) electrons. The van der Waals surface area contributed by atoms with Crippen molar-refractivity contribution in [3.63, 3.8) is 0 Å². The summed E-state index contributed by atoms with van der Waals surface area (Å²) in [5.41, 5.74) is 3.72. The van der Waals surface area contributed by atoms with Gasteiger partial charge in [-0.05, 0) is 51.5 Å². The average Bonchev–Trinajstić information content (AvgIpc) is 3.14. The molecule has 3 aromatic rings. The van der Waals surface area contributed by atoms with E-state index in [1.165, 1.54) is 6.07 Å². The molecule has 28 heavy (non-hydrogen) atoms. The maximum absolute atomic E-state index is 13.9. The molecule has 0 aliphatic rings. The summed E-state index contributed by atoms with van der Waals surface area (Å²) < 4.78 is 17.6. The number of benzene rings is 1.